The van der Waals surface area contributed by atoms with Crippen LogP contribution in [0.1, 0.15) is 31.7 Å². The fourth-order valence-corrected chi connectivity index (χ4v) is 2.48. The maximum atomic E-state index is 10.1. The van der Waals surface area contributed by atoms with Crippen LogP contribution in [-0.2, 0) is 11.2 Å². The SMILES string of the molecule is CCNC(=NCCCOCC1CC1)NCCc1cccc(OC)c1O.I. The minimum atomic E-state index is 0. The van der Waals surface area contributed by atoms with E-state index >= 15 is 0 Å². The van der Waals surface area contributed by atoms with Crippen molar-refractivity contribution in [3.63, 3.8) is 0 Å². The molecule has 148 valence electrons. The lowest BCUT2D eigenvalue weighted by Gasteiger charge is -2.13. The van der Waals surface area contributed by atoms with Crippen molar-refractivity contribution in [2.24, 2.45) is 10.9 Å². The summed E-state index contributed by atoms with van der Waals surface area (Å²) in [7, 11) is 1.56. The fourth-order valence-electron chi connectivity index (χ4n) is 2.48. The number of methoxy groups -OCH3 is 1. The molecule has 0 radical (unpaired) electrons. The first-order valence-corrected chi connectivity index (χ1v) is 9.19. The van der Waals surface area contributed by atoms with Crippen LogP contribution in [0.15, 0.2) is 23.2 Å². The number of aliphatic imine (C=N–C) groups is 1. The van der Waals surface area contributed by atoms with Crippen molar-refractivity contribution in [1.82, 2.24) is 10.6 Å². The van der Waals surface area contributed by atoms with E-state index in [9.17, 15) is 5.11 Å². The summed E-state index contributed by atoms with van der Waals surface area (Å²) in [5.41, 5.74) is 0.858. The third kappa shape index (κ3) is 8.44. The molecular formula is C19H32IN3O3. The average molecular weight is 477 g/mol. The minimum absolute atomic E-state index is 0. The van der Waals surface area contributed by atoms with Gasteiger partial charge in [0.2, 0.25) is 0 Å². The predicted octanol–water partition coefficient (Wildman–Crippen LogP) is 2.93. The summed E-state index contributed by atoms with van der Waals surface area (Å²) in [6, 6.07) is 5.54. The van der Waals surface area contributed by atoms with E-state index in [0.29, 0.717) is 18.7 Å². The highest BCUT2D eigenvalue weighted by atomic mass is 127. The van der Waals surface area contributed by atoms with E-state index in [1.54, 1.807) is 13.2 Å². The zero-order valence-electron chi connectivity index (χ0n) is 15.8. The van der Waals surface area contributed by atoms with Gasteiger partial charge in [0.15, 0.2) is 17.5 Å². The molecule has 0 atom stereocenters. The number of hydrogen-bond donors (Lipinski definition) is 3. The van der Waals surface area contributed by atoms with E-state index in [0.717, 1.165) is 50.2 Å². The zero-order chi connectivity index (χ0) is 17.9. The molecule has 0 unspecified atom stereocenters. The highest BCUT2D eigenvalue weighted by Gasteiger charge is 2.20. The molecule has 0 bridgehead atoms. The maximum absolute atomic E-state index is 10.1. The number of ether oxygens (including phenoxy) is 2. The topological polar surface area (TPSA) is 75.1 Å². The normalized spacial score (nSPS) is 13.8. The van der Waals surface area contributed by atoms with Crippen molar-refractivity contribution < 1.29 is 14.6 Å². The first-order chi connectivity index (χ1) is 12.2. The molecule has 2 rings (SSSR count). The summed E-state index contributed by atoms with van der Waals surface area (Å²) in [5.74, 6) is 2.33. The summed E-state index contributed by atoms with van der Waals surface area (Å²) < 4.78 is 10.8. The van der Waals surface area contributed by atoms with Crippen LogP contribution in [-0.4, -0.2) is 51.0 Å². The number of rotatable bonds is 11. The number of hydrogen-bond acceptors (Lipinski definition) is 4. The summed E-state index contributed by atoms with van der Waals surface area (Å²) in [6.07, 6.45) is 4.28. The Labute approximate surface area is 173 Å². The van der Waals surface area contributed by atoms with Crippen LogP contribution in [0, 0.1) is 5.92 Å². The van der Waals surface area contributed by atoms with Crippen molar-refractivity contribution in [3.8, 4) is 11.5 Å². The van der Waals surface area contributed by atoms with Crippen LogP contribution in [0.25, 0.3) is 0 Å². The van der Waals surface area contributed by atoms with E-state index in [-0.39, 0.29) is 29.7 Å². The van der Waals surface area contributed by atoms with Gasteiger partial charge in [0, 0.05) is 32.8 Å². The molecule has 1 saturated carbocycles. The largest absolute Gasteiger partial charge is 0.504 e. The number of nitrogens with zero attached hydrogens (tertiary/aromatic N) is 1. The second-order valence-electron chi connectivity index (χ2n) is 6.28. The molecule has 6 nitrogen and oxygen atoms in total. The summed E-state index contributed by atoms with van der Waals surface area (Å²) in [5, 5.41) is 16.6. The molecule has 0 aromatic heterocycles. The van der Waals surface area contributed by atoms with Gasteiger partial charge < -0.3 is 25.2 Å². The van der Waals surface area contributed by atoms with E-state index in [4.69, 9.17) is 9.47 Å². The van der Waals surface area contributed by atoms with Crippen LogP contribution < -0.4 is 15.4 Å². The molecule has 0 heterocycles. The smallest absolute Gasteiger partial charge is 0.191 e. The van der Waals surface area contributed by atoms with Gasteiger partial charge in [-0.3, -0.25) is 4.99 Å². The van der Waals surface area contributed by atoms with Gasteiger partial charge >= 0.3 is 0 Å². The molecule has 0 amide bonds. The molecule has 0 saturated heterocycles. The molecule has 1 aromatic carbocycles. The Kier molecular flexibility index (Phi) is 11.4. The van der Waals surface area contributed by atoms with E-state index in [2.05, 4.69) is 15.6 Å². The van der Waals surface area contributed by atoms with E-state index in [1.807, 2.05) is 19.1 Å². The molecule has 7 heteroatoms. The Bertz CT molecular complexity index is 551. The Morgan fingerprint density at radius 2 is 2.12 bits per heavy atom. The van der Waals surface area contributed by atoms with Gasteiger partial charge in [-0.2, -0.15) is 0 Å². The molecule has 1 aliphatic carbocycles. The standard InChI is InChI=1S/C19H31N3O3.HI/c1-3-20-19(21-11-5-13-25-14-15-8-9-15)22-12-10-16-6-4-7-17(24-2)18(16)23;/h4,6-7,15,23H,3,5,8-14H2,1-2H3,(H2,20,21,22);1H. The number of phenols is 1. The van der Waals surface area contributed by atoms with Crippen LogP contribution >= 0.6 is 24.0 Å². The van der Waals surface area contributed by atoms with Crippen LogP contribution in [0.3, 0.4) is 0 Å². The van der Waals surface area contributed by atoms with Crippen molar-refractivity contribution in [2.45, 2.75) is 32.6 Å². The third-order valence-electron chi connectivity index (χ3n) is 4.10. The second kappa shape index (κ2) is 13.0. The Morgan fingerprint density at radius 3 is 2.81 bits per heavy atom. The summed E-state index contributed by atoms with van der Waals surface area (Å²) in [4.78, 5) is 4.56. The Morgan fingerprint density at radius 1 is 1.31 bits per heavy atom. The van der Waals surface area contributed by atoms with Gasteiger partial charge in [0.1, 0.15) is 0 Å². The maximum Gasteiger partial charge on any atom is 0.191 e. The number of phenolic OH excluding ortho intramolecular Hbond substituents is 1. The van der Waals surface area contributed by atoms with Crippen molar-refractivity contribution in [3.05, 3.63) is 23.8 Å². The quantitative estimate of drug-likeness (QED) is 0.198. The van der Waals surface area contributed by atoms with Gasteiger partial charge in [-0.05, 0) is 50.2 Å². The van der Waals surface area contributed by atoms with Crippen molar-refractivity contribution in [2.75, 3.05) is 40.0 Å². The van der Waals surface area contributed by atoms with E-state index in [1.165, 1.54) is 12.8 Å². The molecule has 0 aliphatic heterocycles. The number of halogens is 1. The van der Waals surface area contributed by atoms with Gasteiger partial charge in [0.25, 0.3) is 0 Å². The second-order valence-corrected chi connectivity index (χ2v) is 6.28. The summed E-state index contributed by atoms with van der Waals surface area (Å²) >= 11 is 0. The molecular weight excluding hydrogens is 445 g/mol. The molecule has 3 N–H and O–H groups in total. The van der Waals surface area contributed by atoms with E-state index < -0.39 is 0 Å². The number of guanidine groups is 1. The molecule has 1 aliphatic rings. The van der Waals surface area contributed by atoms with Crippen LogP contribution in [0.4, 0.5) is 0 Å². The van der Waals surface area contributed by atoms with Crippen molar-refractivity contribution in [1.29, 1.82) is 0 Å². The molecule has 1 aromatic rings. The average Bonchev–Trinajstić information content (AvgIpc) is 3.43. The zero-order valence-corrected chi connectivity index (χ0v) is 18.1. The molecule has 0 spiro atoms. The fraction of sp³-hybridized carbons (Fsp3) is 0.632. The first kappa shape index (κ1) is 22.8. The monoisotopic (exact) mass is 477 g/mol. The van der Waals surface area contributed by atoms with Crippen LogP contribution in [0.5, 0.6) is 11.5 Å². The number of nitrogens with one attached hydrogen (secondary N) is 2. The third-order valence-corrected chi connectivity index (χ3v) is 4.10. The Hall–Kier alpha value is -1.22. The van der Waals surface area contributed by atoms with Gasteiger partial charge in [-0.25, -0.2) is 0 Å². The minimum Gasteiger partial charge on any atom is -0.504 e. The van der Waals surface area contributed by atoms with Crippen molar-refractivity contribution >= 4 is 29.9 Å². The molecule has 1 fully saturated rings. The highest BCUT2D eigenvalue weighted by molar-refractivity contribution is 14.0. The molecule has 26 heavy (non-hydrogen) atoms. The lowest BCUT2D eigenvalue weighted by atomic mass is 10.1. The van der Waals surface area contributed by atoms with Gasteiger partial charge in [0.05, 0.1) is 7.11 Å². The lowest BCUT2D eigenvalue weighted by molar-refractivity contribution is 0.123. The first-order valence-electron chi connectivity index (χ1n) is 9.19. The number of benzene rings is 1. The van der Waals surface area contributed by atoms with Gasteiger partial charge in [-0.15, -0.1) is 24.0 Å². The summed E-state index contributed by atoms with van der Waals surface area (Å²) in [6.45, 7) is 5.97. The highest BCUT2D eigenvalue weighted by Crippen LogP contribution is 2.29. The lowest BCUT2D eigenvalue weighted by Crippen LogP contribution is -2.38. The number of para-hydroxylation sites is 1. The van der Waals surface area contributed by atoms with Crippen LogP contribution in [0.2, 0.25) is 0 Å². The number of aromatic hydroxyl groups is 1. The Balaban J connectivity index is 0.00000338. The predicted molar refractivity (Wildman–Crippen MR) is 116 cm³/mol. The van der Waals surface area contributed by atoms with Gasteiger partial charge in [-0.1, -0.05) is 12.1 Å².